The highest BCUT2D eigenvalue weighted by Crippen LogP contribution is 2.70. The summed E-state index contributed by atoms with van der Waals surface area (Å²) in [5.41, 5.74) is 0. The van der Waals surface area contributed by atoms with E-state index in [9.17, 15) is 0 Å². The van der Waals surface area contributed by atoms with Gasteiger partial charge in [0.05, 0.1) is 0 Å². The van der Waals surface area contributed by atoms with Gasteiger partial charge in [0.1, 0.15) is 0 Å². The topological polar surface area (TPSA) is 0 Å². The Hall–Kier alpha value is -0.520. The van der Waals surface area contributed by atoms with E-state index in [1.54, 1.807) is 6.42 Å². The zero-order valence-corrected chi connectivity index (χ0v) is 12.6. The molecule has 0 nitrogen and oxygen atoms in total. The molecule has 5 rings (SSSR count). The minimum absolute atomic E-state index is 0.872. The summed E-state index contributed by atoms with van der Waals surface area (Å²) in [6.07, 6.45) is 18.2. The number of rotatable bonds is 2. The van der Waals surface area contributed by atoms with E-state index < -0.39 is 0 Å². The smallest absolute Gasteiger partial charge is 0.0171 e. The summed E-state index contributed by atoms with van der Waals surface area (Å²) in [7, 11) is 0. The first-order valence-corrected chi connectivity index (χ1v) is 9.19. The van der Waals surface area contributed by atoms with Crippen LogP contribution in [0.15, 0.2) is 24.8 Å². The van der Waals surface area contributed by atoms with Crippen LogP contribution in [0.1, 0.15) is 44.9 Å². The zero-order chi connectivity index (χ0) is 13.3. The molecule has 0 amide bonds. The fourth-order valence-electron chi connectivity index (χ4n) is 7.65. The van der Waals surface area contributed by atoms with Crippen molar-refractivity contribution in [3.05, 3.63) is 24.8 Å². The molecular weight excluding hydrogens is 240 g/mol. The van der Waals surface area contributed by atoms with Crippen LogP contribution in [0, 0.1) is 53.3 Å². The van der Waals surface area contributed by atoms with E-state index in [0.717, 1.165) is 53.3 Å². The summed E-state index contributed by atoms with van der Waals surface area (Å²) in [5.74, 6) is 9.07. The molecule has 4 bridgehead atoms. The van der Waals surface area contributed by atoms with Crippen LogP contribution < -0.4 is 0 Å². The van der Waals surface area contributed by atoms with Gasteiger partial charge in [-0.05, 0) is 66.1 Å². The van der Waals surface area contributed by atoms with E-state index in [-0.39, 0.29) is 0 Å². The Labute approximate surface area is 123 Å². The van der Waals surface area contributed by atoms with Crippen molar-refractivity contribution in [3.8, 4) is 0 Å². The average Bonchev–Trinajstić information content (AvgIpc) is 3.24. The van der Waals surface area contributed by atoms with Crippen LogP contribution in [0.4, 0.5) is 0 Å². The van der Waals surface area contributed by atoms with Gasteiger partial charge in [0.2, 0.25) is 0 Å². The fraction of sp³-hybridized carbons (Fsp3) is 0.800. The van der Waals surface area contributed by atoms with Crippen LogP contribution in [-0.4, -0.2) is 0 Å². The maximum atomic E-state index is 4.26. The van der Waals surface area contributed by atoms with Crippen molar-refractivity contribution in [1.82, 2.24) is 0 Å². The quantitative estimate of drug-likeness (QED) is 0.484. The second-order valence-electron chi connectivity index (χ2n) is 8.45. The molecule has 8 atom stereocenters. The SMILES string of the molecule is C=CC1C2CC(C1C1CCCCC1)C1C3C=CC(C3)C21. The van der Waals surface area contributed by atoms with Crippen molar-refractivity contribution in [3.63, 3.8) is 0 Å². The lowest BCUT2D eigenvalue weighted by Gasteiger charge is -2.45. The molecule has 0 saturated heterocycles. The molecule has 20 heavy (non-hydrogen) atoms. The van der Waals surface area contributed by atoms with Gasteiger partial charge in [-0.15, -0.1) is 6.58 Å². The van der Waals surface area contributed by atoms with Crippen LogP contribution in [0.3, 0.4) is 0 Å². The lowest BCUT2D eigenvalue weighted by Crippen LogP contribution is -2.40. The fourth-order valence-corrected chi connectivity index (χ4v) is 7.65. The molecule has 0 aromatic rings. The summed E-state index contributed by atoms with van der Waals surface area (Å²) >= 11 is 0. The van der Waals surface area contributed by atoms with Crippen molar-refractivity contribution < 1.29 is 0 Å². The predicted octanol–water partition coefficient (Wildman–Crippen LogP) is 5.07. The molecule has 0 heteroatoms. The third-order valence-electron chi connectivity index (χ3n) is 8.02. The Bertz CT molecular complexity index is 441. The Morgan fingerprint density at radius 1 is 0.800 bits per heavy atom. The van der Waals surface area contributed by atoms with Gasteiger partial charge in [-0.3, -0.25) is 0 Å². The third kappa shape index (κ3) is 1.39. The molecule has 4 fully saturated rings. The van der Waals surface area contributed by atoms with Gasteiger partial charge in [0.15, 0.2) is 0 Å². The van der Waals surface area contributed by atoms with Crippen LogP contribution in [0.2, 0.25) is 0 Å². The summed E-state index contributed by atoms with van der Waals surface area (Å²) < 4.78 is 0. The van der Waals surface area contributed by atoms with E-state index in [0.29, 0.717) is 0 Å². The van der Waals surface area contributed by atoms with Crippen LogP contribution in [0.25, 0.3) is 0 Å². The zero-order valence-electron chi connectivity index (χ0n) is 12.6. The Morgan fingerprint density at radius 2 is 1.50 bits per heavy atom. The van der Waals surface area contributed by atoms with Gasteiger partial charge >= 0.3 is 0 Å². The molecule has 8 unspecified atom stereocenters. The minimum Gasteiger partial charge on any atom is -0.103 e. The largest absolute Gasteiger partial charge is 0.103 e. The second-order valence-corrected chi connectivity index (χ2v) is 8.45. The molecular formula is C20H28. The number of hydrogen-bond acceptors (Lipinski definition) is 0. The molecule has 4 saturated carbocycles. The van der Waals surface area contributed by atoms with E-state index in [1.165, 1.54) is 38.5 Å². The minimum atomic E-state index is 0.872. The number of allylic oxidation sites excluding steroid dienone is 3. The first kappa shape index (κ1) is 12.1. The van der Waals surface area contributed by atoms with E-state index in [2.05, 4.69) is 24.8 Å². The highest BCUT2D eigenvalue weighted by Gasteiger charge is 2.64. The first-order valence-electron chi connectivity index (χ1n) is 9.19. The molecule has 5 aliphatic carbocycles. The lowest BCUT2D eigenvalue weighted by atomic mass is 9.60. The van der Waals surface area contributed by atoms with Gasteiger partial charge < -0.3 is 0 Å². The second kappa shape index (κ2) is 4.24. The highest BCUT2D eigenvalue weighted by molar-refractivity contribution is 5.23. The summed E-state index contributed by atoms with van der Waals surface area (Å²) in [6, 6.07) is 0. The van der Waals surface area contributed by atoms with Crippen LogP contribution in [0.5, 0.6) is 0 Å². The Balaban J connectivity index is 1.48. The standard InChI is InChI=1S/C20H28/c1-2-15-16-11-17(18(15)12-6-4-3-5-7-12)20-14-9-8-13(10-14)19(16)20/h2,8-9,12-20H,1,3-7,10-11H2. The molecule has 0 heterocycles. The van der Waals surface area contributed by atoms with Crippen LogP contribution >= 0.6 is 0 Å². The molecule has 0 spiro atoms. The molecule has 0 aromatic heterocycles. The lowest BCUT2D eigenvalue weighted by molar-refractivity contribution is 0.0583. The summed E-state index contributed by atoms with van der Waals surface area (Å²) in [4.78, 5) is 0. The molecule has 0 radical (unpaired) electrons. The maximum Gasteiger partial charge on any atom is -0.0171 e. The van der Waals surface area contributed by atoms with Crippen molar-refractivity contribution in [2.24, 2.45) is 53.3 Å². The molecule has 0 aromatic carbocycles. The van der Waals surface area contributed by atoms with Gasteiger partial charge in [-0.25, -0.2) is 0 Å². The van der Waals surface area contributed by atoms with Crippen molar-refractivity contribution in [2.75, 3.05) is 0 Å². The first-order chi connectivity index (χ1) is 9.88. The Kier molecular flexibility index (Phi) is 2.56. The van der Waals surface area contributed by atoms with Gasteiger partial charge in [-0.2, -0.15) is 0 Å². The molecule has 108 valence electrons. The molecule has 0 aliphatic heterocycles. The van der Waals surface area contributed by atoms with Gasteiger partial charge in [-0.1, -0.05) is 50.3 Å². The van der Waals surface area contributed by atoms with E-state index in [1.807, 2.05) is 0 Å². The highest BCUT2D eigenvalue weighted by atomic mass is 14.7. The van der Waals surface area contributed by atoms with Crippen molar-refractivity contribution in [1.29, 1.82) is 0 Å². The van der Waals surface area contributed by atoms with E-state index >= 15 is 0 Å². The molecule has 5 aliphatic rings. The normalized spacial score (nSPS) is 56.4. The maximum absolute atomic E-state index is 4.26. The number of hydrogen-bond donors (Lipinski definition) is 0. The monoisotopic (exact) mass is 268 g/mol. The van der Waals surface area contributed by atoms with Crippen molar-refractivity contribution in [2.45, 2.75) is 44.9 Å². The third-order valence-corrected chi connectivity index (χ3v) is 8.02. The van der Waals surface area contributed by atoms with Crippen LogP contribution in [-0.2, 0) is 0 Å². The summed E-state index contributed by atoms with van der Waals surface area (Å²) in [6.45, 7) is 4.26. The molecule has 0 N–H and O–H groups in total. The summed E-state index contributed by atoms with van der Waals surface area (Å²) in [5, 5.41) is 0. The predicted molar refractivity (Wildman–Crippen MR) is 83.1 cm³/mol. The number of fused-ring (bicyclic) bond motifs is 9. The average molecular weight is 268 g/mol. The van der Waals surface area contributed by atoms with Gasteiger partial charge in [0.25, 0.3) is 0 Å². The van der Waals surface area contributed by atoms with Crippen molar-refractivity contribution >= 4 is 0 Å². The Morgan fingerprint density at radius 3 is 2.20 bits per heavy atom. The van der Waals surface area contributed by atoms with E-state index in [4.69, 9.17) is 0 Å². The van der Waals surface area contributed by atoms with Gasteiger partial charge in [0, 0.05) is 0 Å².